The summed E-state index contributed by atoms with van der Waals surface area (Å²) in [6.45, 7) is 0.181. The Morgan fingerprint density at radius 2 is 2.25 bits per heavy atom. The lowest BCUT2D eigenvalue weighted by Crippen LogP contribution is -2.13. The highest BCUT2D eigenvalue weighted by atomic mass is 19.1. The van der Waals surface area contributed by atoms with Crippen LogP contribution in [0.4, 0.5) is 4.39 Å². The zero-order valence-corrected chi connectivity index (χ0v) is 8.25. The van der Waals surface area contributed by atoms with Gasteiger partial charge < -0.3 is 5.11 Å². The number of carboxylic acid groups (broad SMARTS) is 1. The molecule has 82 valence electrons. The molecule has 0 saturated heterocycles. The van der Waals surface area contributed by atoms with E-state index >= 15 is 0 Å². The summed E-state index contributed by atoms with van der Waals surface area (Å²) in [6.07, 6.45) is 0.192. The van der Waals surface area contributed by atoms with E-state index in [2.05, 4.69) is 10.1 Å². The van der Waals surface area contributed by atoms with Crippen LogP contribution in [0.5, 0.6) is 0 Å². The zero-order valence-electron chi connectivity index (χ0n) is 8.25. The molecule has 0 fully saturated rings. The van der Waals surface area contributed by atoms with Crippen molar-refractivity contribution in [3.63, 3.8) is 0 Å². The number of aliphatic carboxylic acids is 1. The first-order chi connectivity index (χ1) is 7.66. The van der Waals surface area contributed by atoms with E-state index < -0.39 is 12.1 Å². The van der Waals surface area contributed by atoms with E-state index in [1.165, 1.54) is 17.1 Å². The van der Waals surface area contributed by atoms with Crippen molar-refractivity contribution in [1.29, 1.82) is 0 Å². The van der Waals surface area contributed by atoms with E-state index in [9.17, 15) is 9.18 Å². The SMILES string of the molecule is O=C(O)C1N=C[N+](Cc2ccccc2F)=N1. The summed E-state index contributed by atoms with van der Waals surface area (Å²) in [5.41, 5.74) is 0.448. The summed E-state index contributed by atoms with van der Waals surface area (Å²) in [6, 6.07) is 6.26. The average Bonchev–Trinajstić information content (AvgIpc) is 2.70. The molecular formula is C10H9FN3O2+. The predicted octanol–water partition coefficient (Wildman–Crippen LogP) is 1.24. The molecule has 0 bridgehead atoms. The maximum absolute atomic E-state index is 13.3. The Morgan fingerprint density at radius 3 is 2.88 bits per heavy atom. The standard InChI is InChI=1S/C10H8FN3O2/c11-8-4-2-1-3-7(8)5-14-6-12-9(13-14)10(15)16/h1-4,6,9H,5H2/p+1. The fourth-order valence-corrected chi connectivity index (χ4v) is 1.34. The summed E-state index contributed by atoms with van der Waals surface area (Å²) in [7, 11) is 0. The second-order valence-corrected chi connectivity index (χ2v) is 3.28. The Balaban J connectivity index is 2.13. The third-order valence-electron chi connectivity index (χ3n) is 2.11. The lowest BCUT2D eigenvalue weighted by molar-refractivity contribution is -0.487. The lowest BCUT2D eigenvalue weighted by Gasteiger charge is -1.98. The average molecular weight is 222 g/mol. The molecule has 1 heterocycles. The van der Waals surface area contributed by atoms with Gasteiger partial charge in [-0.3, -0.25) is 0 Å². The van der Waals surface area contributed by atoms with Gasteiger partial charge in [0, 0.05) is 5.56 Å². The number of hydrogen-bond acceptors (Lipinski definition) is 3. The smallest absolute Gasteiger partial charge is 0.380 e. The van der Waals surface area contributed by atoms with Crippen LogP contribution < -0.4 is 0 Å². The van der Waals surface area contributed by atoms with Crippen molar-refractivity contribution in [2.24, 2.45) is 10.1 Å². The molecule has 5 nitrogen and oxygen atoms in total. The Bertz CT molecular complexity index is 485. The monoisotopic (exact) mass is 222 g/mol. The fraction of sp³-hybridized carbons (Fsp3) is 0.200. The topological polar surface area (TPSA) is 65.0 Å². The highest BCUT2D eigenvalue weighted by Crippen LogP contribution is 2.10. The number of rotatable bonds is 3. The predicted molar refractivity (Wildman–Crippen MR) is 52.7 cm³/mol. The highest BCUT2D eigenvalue weighted by molar-refractivity contribution is 5.75. The first kappa shape index (κ1) is 10.4. The Hall–Kier alpha value is -2.11. The van der Waals surface area contributed by atoms with Gasteiger partial charge in [-0.15, -0.1) is 4.70 Å². The van der Waals surface area contributed by atoms with Gasteiger partial charge in [-0.25, -0.2) is 9.18 Å². The summed E-state index contributed by atoms with van der Waals surface area (Å²) in [5, 5.41) is 12.4. The van der Waals surface area contributed by atoms with Crippen LogP contribution in [0.3, 0.4) is 0 Å². The van der Waals surface area contributed by atoms with Gasteiger partial charge in [-0.1, -0.05) is 23.3 Å². The Labute approximate surface area is 90.6 Å². The summed E-state index contributed by atoms with van der Waals surface area (Å²) >= 11 is 0. The molecule has 0 aromatic heterocycles. The maximum Gasteiger partial charge on any atom is 0.380 e. The summed E-state index contributed by atoms with van der Waals surface area (Å²) < 4.78 is 14.6. The fourth-order valence-electron chi connectivity index (χ4n) is 1.34. The number of hydrogen-bond donors (Lipinski definition) is 1. The van der Waals surface area contributed by atoms with Crippen molar-refractivity contribution < 1.29 is 19.0 Å². The van der Waals surface area contributed by atoms with Crippen molar-refractivity contribution >= 4 is 12.3 Å². The molecule has 1 aromatic rings. The van der Waals surface area contributed by atoms with Gasteiger partial charge >= 0.3 is 18.5 Å². The van der Waals surface area contributed by atoms with Crippen molar-refractivity contribution in [2.75, 3.05) is 0 Å². The summed E-state index contributed by atoms with van der Waals surface area (Å²) in [5.74, 6) is -1.46. The number of halogens is 1. The highest BCUT2D eigenvalue weighted by Gasteiger charge is 2.28. The van der Waals surface area contributed by atoms with Crippen LogP contribution in [0, 0.1) is 5.82 Å². The molecule has 1 aromatic carbocycles. The largest absolute Gasteiger partial charge is 0.476 e. The van der Waals surface area contributed by atoms with E-state index in [0.29, 0.717) is 5.56 Å². The minimum atomic E-state index is -1.12. The number of carbonyl (C=O) groups is 1. The van der Waals surface area contributed by atoms with Gasteiger partial charge in [0.2, 0.25) is 0 Å². The first-order valence-corrected chi connectivity index (χ1v) is 4.64. The van der Waals surface area contributed by atoms with E-state index in [1.807, 2.05) is 0 Å². The molecule has 0 spiro atoms. The molecule has 6 heteroatoms. The van der Waals surface area contributed by atoms with E-state index in [4.69, 9.17) is 5.11 Å². The molecule has 2 rings (SSSR count). The van der Waals surface area contributed by atoms with Crippen molar-refractivity contribution in [3.8, 4) is 0 Å². The molecule has 1 aliphatic heterocycles. The quantitative estimate of drug-likeness (QED) is 0.782. The first-order valence-electron chi connectivity index (χ1n) is 4.64. The van der Waals surface area contributed by atoms with Gasteiger partial charge in [-0.2, -0.15) is 0 Å². The van der Waals surface area contributed by atoms with Gasteiger partial charge in [-0.05, 0) is 11.1 Å². The van der Waals surface area contributed by atoms with Crippen LogP contribution in [0.1, 0.15) is 5.56 Å². The van der Waals surface area contributed by atoms with Crippen molar-refractivity contribution in [1.82, 2.24) is 0 Å². The van der Waals surface area contributed by atoms with E-state index in [-0.39, 0.29) is 12.4 Å². The van der Waals surface area contributed by atoms with Crippen LogP contribution in [0.15, 0.2) is 34.4 Å². The number of carboxylic acids is 1. The Kier molecular flexibility index (Phi) is 2.72. The van der Waals surface area contributed by atoms with Crippen molar-refractivity contribution in [3.05, 3.63) is 35.6 Å². The molecule has 1 unspecified atom stereocenters. The molecule has 0 saturated carbocycles. The molecule has 1 aliphatic rings. The molecule has 0 amide bonds. The van der Waals surface area contributed by atoms with Gasteiger partial charge in [0.1, 0.15) is 12.4 Å². The van der Waals surface area contributed by atoms with Gasteiger partial charge in [0.25, 0.3) is 0 Å². The molecule has 0 radical (unpaired) electrons. The van der Waals surface area contributed by atoms with Gasteiger partial charge in [0.05, 0.1) is 0 Å². The van der Waals surface area contributed by atoms with Gasteiger partial charge in [0.15, 0.2) is 0 Å². The second kappa shape index (κ2) is 4.18. The minimum Gasteiger partial charge on any atom is -0.476 e. The zero-order chi connectivity index (χ0) is 11.5. The van der Waals surface area contributed by atoms with Crippen LogP contribution in [-0.4, -0.2) is 28.3 Å². The maximum atomic E-state index is 13.3. The van der Waals surface area contributed by atoms with E-state index in [0.717, 1.165) is 0 Å². The molecule has 16 heavy (non-hydrogen) atoms. The van der Waals surface area contributed by atoms with Crippen LogP contribution in [0.2, 0.25) is 0 Å². The Morgan fingerprint density at radius 1 is 1.50 bits per heavy atom. The minimum absolute atomic E-state index is 0.181. The number of nitrogens with zero attached hydrogens (tertiary/aromatic N) is 3. The number of benzene rings is 1. The lowest BCUT2D eigenvalue weighted by atomic mass is 10.2. The molecule has 1 atom stereocenters. The normalized spacial score (nSPS) is 18.6. The number of aliphatic imine (C=N–C) groups is 1. The third-order valence-corrected chi connectivity index (χ3v) is 2.11. The molecular weight excluding hydrogens is 213 g/mol. The molecule has 1 N–H and O–H groups in total. The van der Waals surface area contributed by atoms with Crippen LogP contribution >= 0.6 is 0 Å². The molecule has 0 aliphatic carbocycles. The third kappa shape index (κ3) is 2.10. The van der Waals surface area contributed by atoms with Crippen LogP contribution in [-0.2, 0) is 11.3 Å². The van der Waals surface area contributed by atoms with Crippen molar-refractivity contribution in [2.45, 2.75) is 12.7 Å². The number of azo groups is 2. The van der Waals surface area contributed by atoms with E-state index in [1.54, 1.807) is 18.2 Å². The second-order valence-electron chi connectivity index (χ2n) is 3.28. The summed E-state index contributed by atoms with van der Waals surface area (Å²) in [4.78, 5) is 14.2. The van der Waals surface area contributed by atoms with Crippen LogP contribution in [0.25, 0.3) is 0 Å².